The minimum absolute atomic E-state index is 0.327. The topological polar surface area (TPSA) is 79.8 Å². The van der Waals surface area contributed by atoms with Crippen LogP contribution < -0.4 is 15.5 Å². The van der Waals surface area contributed by atoms with Crippen LogP contribution in [0.1, 0.15) is 11.1 Å². The molecule has 0 saturated heterocycles. The van der Waals surface area contributed by atoms with Crippen LogP contribution in [0.5, 0.6) is 5.75 Å². The smallest absolute Gasteiger partial charge is 0.329 e. The standard InChI is InChI=1S/C22H17BrClN3O3/c23-17-8-10-18(11-9-17)26-21(28)22(29)27-25-13-15-4-3-6-19(12-15)30-14-16-5-1-2-7-20(16)24/h1-13H,14H2,(H,26,28)(H,27,29). The maximum absolute atomic E-state index is 11.9. The van der Waals surface area contributed by atoms with Crippen molar-refractivity contribution < 1.29 is 14.3 Å². The summed E-state index contributed by atoms with van der Waals surface area (Å²) in [5, 5.41) is 6.95. The van der Waals surface area contributed by atoms with E-state index in [0.717, 1.165) is 10.0 Å². The fourth-order valence-corrected chi connectivity index (χ4v) is 2.85. The van der Waals surface area contributed by atoms with Crippen molar-refractivity contribution in [2.24, 2.45) is 5.10 Å². The summed E-state index contributed by atoms with van der Waals surface area (Å²) < 4.78 is 6.62. The Morgan fingerprint density at radius 2 is 1.77 bits per heavy atom. The minimum Gasteiger partial charge on any atom is -0.489 e. The monoisotopic (exact) mass is 485 g/mol. The van der Waals surface area contributed by atoms with E-state index in [1.54, 1.807) is 54.6 Å². The summed E-state index contributed by atoms with van der Waals surface area (Å²) in [5.74, 6) is -1.07. The molecule has 6 nitrogen and oxygen atoms in total. The SMILES string of the molecule is O=C(NN=Cc1cccc(OCc2ccccc2Cl)c1)C(=O)Nc1ccc(Br)cc1. The Labute approximate surface area is 187 Å². The lowest BCUT2D eigenvalue weighted by molar-refractivity contribution is -0.136. The van der Waals surface area contributed by atoms with Crippen LogP contribution >= 0.6 is 27.5 Å². The average molecular weight is 487 g/mol. The van der Waals surface area contributed by atoms with Crippen LogP contribution in [0.15, 0.2) is 82.4 Å². The molecule has 0 fully saturated rings. The molecule has 0 spiro atoms. The molecule has 3 aromatic carbocycles. The van der Waals surface area contributed by atoms with Gasteiger partial charge in [0, 0.05) is 20.7 Å². The lowest BCUT2D eigenvalue weighted by Crippen LogP contribution is -2.32. The Morgan fingerprint density at radius 3 is 2.53 bits per heavy atom. The predicted octanol–water partition coefficient (Wildman–Crippen LogP) is 4.77. The van der Waals surface area contributed by atoms with E-state index in [-0.39, 0.29) is 0 Å². The first-order chi connectivity index (χ1) is 14.5. The second kappa shape index (κ2) is 10.6. The molecule has 152 valence electrons. The molecular weight excluding hydrogens is 470 g/mol. The number of benzene rings is 3. The molecular formula is C22H17BrClN3O3. The van der Waals surface area contributed by atoms with Gasteiger partial charge in [-0.05, 0) is 48.0 Å². The molecule has 0 radical (unpaired) electrons. The van der Waals surface area contributed by atoms with Gasteiger partial charge in [-0.2, -0.15) is 5.10 Å². The van der Waals surface area contributed by atoms with Crippen LogP contribution in [-0.2, 0) is 16.2 Å². The van der Waals surface area contributed by atoms with E-state index in [1.165, 1.54) is 6.21 Å². The zero-order chi connectivity index (χ0) is 21.3. The zero-order valence-electron chi connectivity index (χ0n) is 15.6. The lowest BCUT2D eigenvalue weighted by Gasteiger charge is -2.08. The first-order valence-corrected chi connectivity index (χ1v) is 10.0. The van der Waals surface area contributed by atoms with Crippen molar-refractivity contribution in [2.75, 3.05) is 5.32 Å². The number of ether oxygens (including phenoxy) is 1. The number of amides is 2. The number of carbonyl (C=O) groups excluding carboxylic acids is 2. The van der Waals surface area contributed by atoms with E-state index >= 15 is 0 Å². The third-order valence-corrected chi connectivity index (χ3v) is 4.80. The number of carbonyl (C=O) groups is 2. The lowest BCUT2D eigenvalue weighted by atomic mass is 10.2. The van der Waals surface area contributed by atoms with Crippen molar-refractivity contribution in [3.63, 3.8) is 0 Å². The summed E-state index contributed by atoms with van der Waals surface area (Å²) in [6.45, 7) is 0.327. The van der Waals surface area contributed by atoms with Crippen LogP contribution in [0.4, 0.5) is 5.69 Å². The van der Waals surface area contributed by atoms with Gasteiger partial charge in [-0.15, -0.1) is 0 Å². The summed E-state index contributed by atoms with van der Waals surface area (Å²) in [6, 6.07) is 21.5. The molecule has 0 aliphatic heterocycles. The highest BCUT2D eigenvalue weighted by Crippen LogP contribution is 2.19. The number of hydrogen-bond acceptors (Lipinski definition) is 4. The third kappa shape index (κ3) is 6.43. The molecule has 0 aromatic heterocycles. The Kier molecular flexibility index (Phi) is 7.59. The molecule has 0 atom stereocenters. The van der Waals surface area contributed by atoms with Gasteiger partial charge in [-0.3, -0.25) is 9.59 Å². The number of nitrogens with one attached hydrogen (secondary N) is 2. The number of hydrogen-bond donors (Lipinski definition) is 2. The number of nitrogens with zero attached hydrogens (tertiary/aromatic N) is 1. The Hall–Kier alpha value is -3.16. The molecule has 2 amide bonds. The van der Waals surface area contributed by atoms with Gasteiger partial charge in [-0.1, -0.05) is 57.9 Å². The van der Waals surface area contributed by atoms with E-state index in [0.29, 0.717) is 28.6 Å². The quantitative estimate of drug-likeness (QED) is 0.299. The van der Waals surface area contributed by atoms with E-state index in [2.05, 4.69) is 31.8 Å². The first kappa shape index (κ1) is 21.5. The summed E-state index contributed by atoms with van der Waals surface area (Å²) in [5.41, 5.74) is 4.28. The highest BCUT2D eigenvalue weighted by molar-refractivity contribution is 9.10. The van der Waals surface area contributed by atoms with Crippen molar-refractivity contribution in [3.8, 4) is 5.75 Å². The van der Waals surface area contributed by atoms with E-state index in [4.69, 9.17) is 16.3 Å². The molecule has 30 heavy (non-hydrogen) atoms. The summed E-state index contributed by atoms with van der Waals surface area (Å²) in [6.07, 6.45) is 1.42. The molecule has 0 saturated carbocycles. The molecule has 8 heteroatoms. The van der Waals surface area contributed by atoms with Gasteiger partial charge in [0.2, 0.25) is 0 Å². The normalized spacial score (nSPS) is 10.6. The molecule has 2 N–H and O–H groups in total. The van der Waals surface area contributed by atoms with Crippen LogP contribution in [0.25, 0.3) is 0 Å². The number of halogens is 2. The third-order valence-electron chi connectivity index (χ3n) is 3.90. The van der Waals surface area contributed by atoms with Crippen LogP contribution in [-0.4, -0.2) is 18.0 Å². The maximum atomic E-state index is 11.9. The van der Waals surface area contributed by atoms with Crippen molar-refractivity contribution in [1.29, 1.82) is 0 Å². The second-order valence-electron chi connectivity index (χ2n) is 6.11. The van der Waals surface area contributed by atoms with Gasteiger partial charge < -0.3 is 10.1 Å². The van der Waals surface area contributed by atoms with Gasteiger partial charge >= 0.3 is 11.8 Å². The molecule has 3 rings (SSSR count). The van der Waals surface area contributed by atoms with E-state index < -0.39 is 11.8 Å². The average Bonchev–Trinajstić information content (AvgIpc) is 2.75. The highest BCUT2D eigenvalue weighted by Gasteiger charge is 2.12. The van der Waals surface area contributed by atoms with Crippen molar-refractivity contribution >= 4 is 51.2 Å². The maximum Gasteiger partial charge on any atom is 0.329 e. The Morgan fingerprint density at radius 1 is 1.00 bits per heavy atom. The van der Waals surface area contributed by atoms with Crippen molar-refractivity contribution in [3.05, 3.63) is 93.4 Å². The number of hydrazone groups is 1. The van der Waals surface area contributed by atoms with Crippen molar-refractivity contribution in [1.82, 2.24) is 5.43 Å². The van der Waals surface area contributed by atoms with Gasteiger partial charge in [0.25, 0.3) is 0 Å². The van der Waals surface area contributed by atoms with Crippen LogP contribution in [0, 0.1) is 0 Å². The molecule has 0 aliphatic rings. The van der Waals surface area contributed by atoms with Crippen LogP contribution in [0.2, 0.25) is 5.02 Å². The summed E-state index contributed by atoms with van der Waals surface area (Å²) in [4.78, 5) is 23.8. The number of anilines is 1. The predicted molar refractivity (Wildman–Crippen MR) is 121 cm³/mol. The van der Waals surface area contributed by atoms with Gasteiger partial charge in [0.05, 0.1) is 6.21 Å². The molecule has 0 heterocycles. The Bertz CT molecular complexity index is 1070. The molecule has 0 bridgehead atoms. The highest BCUT2D eigenvalue weighted by atomic mass is 79.9. The van der Waals surface area contributed by atoms with Gasteiger partial charge in [0.1, 0.15) is 12.4 Å². The summed E-state index contributed by atoms with van der Waals surface area (Å²) in [7, 11) is 0. The van der Waals surface area contributed by atoms with Gasteiger partial charge in [-0.25, -0.2) is 5.43 Å². The van der Waals surface area contributed by atoms with Gasteiger partial charge in [0.15, 0.2) is 0 Å². The summed E-state index contributed by atoms with van der Waals surface area (Å²) >= 11 is 9.43. The molecule has 0 aliphatic carbocycles. The minimum atomic E-state index is -0.875. The zero-order valence-corrected chi connectivity index (χ0v) is 18.0. The fourth-order valence-electron chi connectivity index (χ4n) is 2.40. The first-order valence-electron chi connectivity index (χ1n) is 8.87. The van der Waals surface area contributed by atoms with E-state index in [1.807, 2.05) is 18.2 Å². The van der Waals surface area contributed by atoms with Crippen LogP contribution in [0.3, 0.4) is 0 Å². The largest absolute Gasteiger partial charge is 0.489 e. The molecule has 3 aromatic rings. The van der Waals surface area contributed by atoms with E-state index in [9.17, 15) is 9.59 Å². The fraction of sp³-hybridized carbons (Fsp3) is 0.0455. The molecule has 0 unspecified atom stereocenters. The number of rotatable bonds is 6. The Balaban J connectivity index is 1.52. The second-order valence-corrected chi connectivity index (χ2v) is 7.44. The van der Waals surface area contributed by atoms with Crippen molar-refractivity contribution in [2.45, 2.75) is 6.61 Å².